The number of nitrogens with zero attached hydrogens (tertiary/aromatic N) is 2. The summed E-state index contributed by atoms with van der Waals surface area (Å²) < 4.78 is 0. The lowest BCUT2D eigenvalue weighted by atomic mass is 10.4. The minimum atomic E-state index is 0.0948. The number of aromatic hydroxyl groups is 1. The van der Waals surface area contributed by atoms with E-state index < -0.39 is 0 Å². The zero-order valence-electron chi connectivity index (χ0n) is 5.07. The van der Waals surface area contributed by atoms with Gasteiger partial charge in [-0.1, -0.05) is 0 Å². The van der Waals surface area contributed by atoms with Gasteiger partial charge in [0, 0.05) is 17.8 Å². The average molecular weight is 135 g/mol. The summed E-state index contributed by atoms with van der Waals surface area (Å²) in [6.07, 6.45) is 4.69. The molecule has 0 radical (unpaired) electrons. The van der Waals surface area contributed by atoms with Crippen molar-refractivity contribution in [3.8, 4) is 5.88 Å². The molecule has 0 amide bonds. The zero-order chi connectivity index (χ0) is 6.97. The van der Waals surface area contributed by atoms with E-state index in [1.54, 1.807) is 12.4 Å². The first-order valence-corrected chi connectivity index (χ1v) is 2.84. The van der Waals surface area contributed by atoms with Crippen LogP contribution in [0, 0.1) is 0 Å². The Morgan fingerprint density at radius 1 is 1.50 bits per heavy atom. The molecule has 0 fully saturated rings. The van der Waals surface area contributed by atoms with Crippen LogP contribution in [-0.2, 0) is 0 Å². The van der Waals surface area contributed by atoms with Gasteiger partial charge in [-0.05, 0) is 0 Å². The van der Waals surface area contributed by atoms with E-state index in [9.17, 15) is 0 Å². The van der Waals surface area contributed by atoms with Gasteiger partial charge in [0.15, 0.2) is 0 Å². The zero-order valence-corrected chi connectivity index (χ0v) is 5.07. The summed E-state index contributed by atoms with van der Waals surface area (Å²) in [6, 6.07) is 0. The number of hydrogen-bond acceptors (Lipinski definition) is 3. The fourth-order valence-corrected chi connectivity index (χ4v) is 0.858. The van der Waals surface area contributed by atoms with Crippen molar-refractivity contribution >= 4 is 10.9 Å². The van der Waals surface area contributed by atoms with Gasteiger partial charge in [0.1, 0.15) is 11.8 Å². The summed E-state index contributed by atoms with van der Waals surface area (Å²) in [7, 11) is 0. The van der Waals surface area contributed by atoms with E-state index >= 15 is 0 Å². The van der Waals surface area contributed by atoms with E-state index in [0.29, 0.717) is 5.52 Å². The van der Waals surface area contributed by atoms with Crippen molar-refractivity contribution < 1.29 is 5.11 Å². The minimum Gasteiger partial charge on any atom is -0.493 e. The molecule has 2 aromatic heterocycles. The van der Waals surface area contributed by atoms with E-state index in [1.165, 1.54) is 6.33 Å². The first-order valence-electron chi connectivity index (χ1n) is 2.84. The molecule has 0 aliphatic heterocycles. The molecular weight excluding hydrogens is 130 g/mol. The van der Waals surface area contributed by atoms with Crippen LogP contribution in [0.15, 0.2) is 18.7 Å². The molecule has 0 aliphatic rings. The molecule has 50 valence electrons. The summed E-state index contributed by atoms with van der Waals surface area (Å²) in [4.78, 5) is 10.3. The van der Waals surface area contributed by atoms with Gasteiger partial charge >= 0.3 is 0 Å². The van der Waals surface area contributed by atoms with Crippen molar-refractivity contribution in [2.45, 2.75) is 0 Å². The lowest BCUT2D eigenvalue weighted by Gasteiger charge is -1.84. The molecule has 0 aliphatic carbocycles. The maximum absolute atomic E-state index is 9.07. The second kappa shape index (κ2) is 1.70. The predicted molar refractivity (Wildman–Crippen MR) is 35.6 cm³/mol. The number of aromatic amines is 1. The Morgan fingerprint density at radius 2 is 2.40 bits per heavy atom. The molecule has 0 saturated heterocycles. The second-order valence-corrected chi connectivity index (χ2v) is 1.96. The number of nitrogens with one attached hydrogen (secondary N) is 1. The minimum absolute atomic E-state index is 0.0948. The van der Waals surface area contributed by atoms with Crippen LogP contribution < -0.4 is 0 Å². The molecule has 0 atom stereocenters. The maximum Gasteiger partial charge on any atom is 0.215 e. The molecule has 0 aromatic carbocycles. The van der Waals surface area contributed by atoms with E-state index in [2.05, 4.69) is 15.0 Å². The Bertz CT molecular complexity index is 355. The van der Waals surface area contributed by atoms with Crippen molar-refractivity contribution in [1.82, 2.24) is 15.0 Å². The standard InChI is InChI=1S/C6H5N3O/c10-6-5-4(2-8-6)1-7-3-9-5/h1-3,8,10H. The Morgan fingerprint density at radius 3 is 3.20 bits per heavy atom. The molecular formula is C6H5N3O. The molecule has 0 saturated carbocycles. The van der Waals surface area contributed by atoms with Crippen LogP contribution >= 0.6 is 0 Å². The fraction of sp³-hybridized carbons (Fsp3) is 0. The van der Waals surface area contributed by atoms with Gasteiger partial charge in [-0.25, -0.2) is 9.97 Å². The van der Waals surface area contributed by atoms with Crippen molar-refractivity contribution in [3.05, 3.63) is 18.7 Å². The lowest BCUT2D eigenvalue weighted by molar-refractivity contribution is 0.461. The largest absolute Gasteiger partial charge is 0.493 e. The topological polar surface area (TPSA) is 61.8 Å². The van der Waals surface area contributed by atoms with Gasteiger partial charge in [0.2, 0.25) is 5.88 Å². The molecule has 2 rings (SSSR count). The van der Waals surface area contributed by atoms with Gasteiger partial charge in [-0.3, -0.25) is 0 Å². The molecule has 0 unspecified atom stereocenters. The van der Waals surface area contributed by atoms with Gasteiger partial charge in [-0.2, -0.15) is 0 Å². The Balaban J connectivity index is 2.93. The third kappa shape index (κ3) is 0.556. The van der Waals surface area contributed by atoms with Gasteiger partial charge < -0.3 is 10.1 Å². The average Bonchev–Trinajstić information content (AvgIpc) is 2.34. The highest BCUT2D eigenvalue weighted by molar-refractivity contribution is 5.82. The highest BCUT2D eigenvalue weighted by Crippen LogP contribution is 2.18. The summed E-state index contributed by atoms with van der Waals surface area (Å²) in [5.41, 5.74) is 0.565. The normalized spacial score (nSPS) is 10.4. The van der Waals surface area contributed by atoms with E-state index in [0.717, 1.165) is 5.39 Å². The van der Waals surface area contributed by atoms with Gasteiger partial charge in [-0.15, -0.1) is 0 Å². The Hall–Kier alpha value is -1.58. The number of rotatable bonds is 0. The molecule has 4 heteroatoms. The van der Waals surface area contributed by atoms with E-state index in [4.69, 9.17) is 5.11 Å². The van der Waals surface area contributed by atoms with Crippen molar-refractivity contribution in [3.63, 3.8) is 0 Å². The number of hydrogen-bond donors (Lipinski definition) is 2. The van der Waals surface area contributed by atoms with Gasteiger partial charge in [0.05, 0.1) is 0 Å². The highest BCUT2D eigenvalue weighted by Gasteiger charge is 1.99. The van der Waals surface area contributed by atoms with Crippen LogP contribution in [-0.4, -0.2) is 20.1 Å². The molecule has 2 aromatic rings. The third-order valence-electron chi connectivity index (χ3n) is 1.33. The molecule has 4 nitrogen and oxygen atoms in total. The quantitative estimate of drug-likeness (QED) is 0.557. The third-order valence-corrected chi connectivity index (χ3v) is 1.33. The highest BCUT2D eigenvalue weighted by atomic mass is 16.3. The SMILES string of the molecule is Oc1[nH]cc2cncnc12. The van der Waals surface area contributed by atoms with Crippen molar-refractivity contribution in [2.24, 2.45) is 0 Å². The van der Waals surface area contributed by atoms with Crippen LogP contribution in [0.25, 0.3) is 10.9 Å². The van der Waals surface area contributed by atoms with Crippen LogP contribution in [0.2, 0.25) is 0 Å². The summed E-state index contributed by atoms with van der Waals surface area (Å²) in [6.45, 7) is 0. The molecule has 0 spiro atoms. The van der Waals surface area contributed by atoms with Crippen molar-refractivity contribution in [1.29, 1.82) is 0 Å². The number of H-pyrrole nitrogens is 1. The Labute approximate surface area is 56.6 Å². The summed E-state index contributed by atoms with van der Waals surface area (Å²) in [5, 5.41) is 9.88. The maximum atomic E-state index is 9.07. The second-order valence-electron chi connectivity index (χ2n) is 1.96. The first-order chi connectivity index (χ1) is 4.88. The monoisotopic (exact) mass is 135 g/mol. The number of fused-ring (bicyclic) bond motifs is 1. The lowest BCUT2D eigenvalue weighted by Crippen LogP contribution is -1.74. The van der Waals surface area contributed by atoms with Crippen molar-refractivity contribution in [2.75, 3.05) is 0 Å². The van der Waals surface area contributed by atoms with Crippen LogP contribution in [0.3, 0.4) is 0 Å². The van der Waals surface area contributed by atoms with E-state index in [1.807, 2.05) is 0 Å². The predicted octanol–water partition coefficient (Wildman–Crippen LogP) is 0.663. The van der Waals surface area contributed by atoms with Crippen LogP contribution in [0.4, 0.5) is 0 Å². The smallest absolute Gasteiger partial charge is 0.215 e. The fourth-order valence-electron chi connectivity index (χ4n) is 0.858. The molecule has 10 heavy (non-hydrogen) atoms. The molecule has 2 N–H and O–H groups in total. The summed E-state index contributed by atoms with van der Waals surface area (Å²) in [5.74, 6) is 0.0948. The Kier molecular flexibility index (Phi) is 0.887. The molecule has 0 bridgehead atoms. The van der Waals surface area contributed by atoms with E-state index in [-0.39, 0.29) is 5.88 Å². The van der Waals surface area contributed by atoms with Crippen LogP contribution in [0.5, 0.6) is 5.88 Å². The summed E-state index contributed by atoms with van der Waals surface area (Å²) >= 11 is 0. The van der Waals surface area contributed by atoms with Gasteiger partial charge in [0.25, 0.3) is 0 Å². The van der Waals surface area contributed by atoms with Crippen LogP contribution in [0.1, 0.15) is 0 Å². The molecule has 2 heterocycles. The first kappa shape index (κ1) is 5.22. The number of aromatic nitrogens is 3.